The summed E-state index contributed by atoms with van der Waals surface area (Å²) < 4.78 is 0. The Kier molecular flexibility index (Phi) is 4.61. The highest BCUT2D eigenvalue weighted by Crippen LogP contribution is 2.16. The Bertz CT molecular complexity index is 438. The van der Waals surface area contributed by atoms with E-state index in [4.69, 9.17) is 11.6 Å². The molecule has 2 atom stereocenters. The molecule has 0 bridgehead atoms. The Labute approximate surface area is 117 Å². The first-order valence-corrected chi connectivity index (χ1v) is 6.75. The number of carbonyl (C=O) groups is 1. The number of pyridine rings is 1. The minimum Gasteiger partial charge on any atom is -0.391 e. The average molecular weight is 284 g/mol. The van der Waals surface area contributed by atoms with E-state index in [1.807, 2.05) is 6.92 Å². The Hall–Kier alpha value is -1.33. The van der Waals surface area contributed by atoms with Crippen molar-refractivity contribution in [2.45, 2.75) is 26.0 Å². The van der Waals surface area contributed by atoms with Crippen LogP contribution in [0, 0.1) is 5.92 Å². The number of aromatic nitrogens is 1. The van der Waals surface area contributed by atoms with Crippen molar-refractivity contribution in [1.82, 2.24) is 15.2 Å². The van der Waals surface area contributed by atoms with Crippen LogP contribution in [0.15, 0.2) is 18.3 Å². The van der Waals surface area contributed by atoms with E-state index in [1.54, 1.807) is 23.2 Å². The summed E-state index contributed by atoms with van der Waals surface area (Å²) in [6, 6.07) is 3.35. The van der Waals surface area contributed by atoms with Crippen LogP contribution in [0.4, 0.5) is 4.79 Å². The van der Waals surface area contributed by atoms with Crippen molar-refractivity contribution >= 4 is 17.6 Å². The van der Waals surface area contributed by atoms with Gasteiger partial charge in [0.2, 0.25) is 0 Å². The first-order valence-electron chi connectivity index (χ1n) is 6.37. The Morgan fingerprint density at radius 2 is 2.42 bits per heavy atom. The Balaban J connectivity index is 1.83. The highest BCUT2D eigenvalue weighted by molar-refractivity contribution is 6.30. The van der Waals surface area contributed by atoms with Crippen molar-refractivity contribution < 1.29 is 9.90 Å². The van der Waals surface area contributed by atoms with Crippen molar-refractivity contribution in [2.24, 2.45) is 5.92 Å². The lowest BCUT2D eigenvalue weighted by Gasteiger charge is -2.34. The van der Waals surface area contributed by atoms with Gasteiger partial charge in [-0.2, -0.15) is 0 Å². The van der Waals surface area contributed by atoms with Gasteiger partial charge in [-0.1, -0.05) is 18.5 Å². The second kappa shape index (κ2) is 6.21. The fourth-order valence-electron chi connectivity index (χ4n) is 2.02. The molecule has 1 aromatic heterocycles. The number of urea groups is 1. The molecule has 1 saturated heterocycles. The van der Waals surface area contributed by atoms with Crippen LogP contribution in [0.25, 0.3) is 0 Å². The normalized spacial score (nSPS) is 23.2. The lowest BCUT2D eigenvalue weighted by molar-refractivity contribution is 0.0435. The highest BCUT2D eigenvalue weighted by Gasteiger charge is 2.26. The maximum absolute atomic E-state index is 11.9. The van der Waals surface area contributed by atoms with Gasteiger partial charge in [0, 0.05) is 19.3 Å². The van der Waals surface area contributed by atoms with E-state index >= 15 is 0 Å². The molecule has 19 heavy (non-hydrogen) atoms. The molecule has 6 heteroatoms. The van der Waals surface area contributed by atoms with E-state index in [2.05, 4.69) is 10.3 Å². The van der Waals surface area contributed by atoms with Crippen LogP contribution in [0.3, 0.4) is 0 Å². The van der Waals surface area contributed by atoms with Crippen LogP contribution in [-0.4, -0.2) is 40.2 Å². The number of piperidine rings is 1. The molecule has 2 N–H and O–H groups in total. The number of amides is 2. The quantitative estimate of drug-likeness (QED) is 0.867. The SMILES string of the molecule is CC1CCN(C(=O)NCc2ccc(Cl)cn2)CC1O. The zero-order valence-corrected chi connectivity index (χ0v) is 11.6. The molecule has 1 aromatic rings. The predicted molar refractivity (Wildman–Crippen MR) is 72.8 cm³/mol. The molecule has 2 heterocycles. The molecule has 0 aliphatic carbocycles. The van der Waals surface area contributed by atoms with Crippen LogP contribution in [0.1, 0.15) is 19.0 Å². The number of nitrogens with zero attached hydrogens (tertiary/aromatic N) is 2. The van der Waals surface area contributed by atoms with Crippen LogP contribution in [0.2, 0.25) is 5.02 Å². The molecule has 0 radical (unpaired) electrons. The standard InChI is InChI=1S/C13H18ClN3O2/c1-9-4-5-17(8-12(9)18)13(19)16-7-11-3-2-10(14)6-15-11/h2-3,6,9,12,18H,4-5,7-8H2,1H3,(H,16,19). The van der Waals surface area contributed by atoms with Crippen molar-refractivity contribution in [2.75, 3.05) is 13.1 Å². The second-order valence-corrected chi connectivity index (χ2v) is 5.34. The number of aliphatic hydroxyl groups is 1. The van der Waals surface area contributed by atoms with Gasteiger partial charge in [0.05, 0.1) is 23.4 Å². The fraction of sp³-hybridized carbons (Fsp3) is 0.538. The monoisotopic (exact) mass is 283 g/mol. The van der Waals surface area contributed by atoms with Gasteiger partial charge in [-0.05, 0) is 24.5 Å². The van der Waals surface area contributed by atoms with E-state index in [1.165, 1.54) is 0 Å². The molecule has 2 rings (SSSR count). The average Bonchev–Trinajstić information content (AvgIpc) is 2.41. The third-order valence-electron chi connectivity index (χ3n) is 3.42. The molecule has 5 nitrogen and oxygen atoms in total. The molecule has 1 aliphatic rings. The highest BCUT2D eigenvalue weighted by atomic mass is 35.5. The third kappa shape index (κ3) is 3.81. The first-order chi connectivity index (χ1) is 9.06. The van der Waals surface area contributed by atoms with Crippen molar-refractivity contribution in [3.8, 4) is 0 Å². The van der Waals surface area contributed by atoms with Crippen molar-refractivity contribution in [1.29, 1.82) is 0 Å². The summed E-state index contributed by atoms with van der Waals surface area (Å²) in [4.78, 5) is 17.7. The predicted octanol–water partition coefficient (Wildman–Crippen LogP) is 1.65. The topological polar surface area (TPSA) is 65.5 Å². The summed E-state index contributed by atoms with van der Waals surface area (Å²) in [6.45, 7) is 3.43. The molecule has 2 unspecified atom stereocenters. The number of rotatable bonds is 2. The second-order valence-electron chi connectivity index (χ2n) is 4.91. The molecule has 0 spiro atoms. The van der Waals surface area contributed by atoms with Crippen LogP contribution in [-0.2, 0) is 6.54 Å². The summed E-state index contributed by atoms with van der Waals surface area (Å²) in [5.74, 6) is 0.252. The maximum atomic E-state index is 11.9. The van der Waals surface area contributed by atoms with E-state index < -0.39 is 6.10 Å². The lowest BCUT2D eigenvalue weighted by atomic mass is 9.96. The summed E-state index contributed by atoms with van der Waals surface area (Å²) in [5, 5.41) is 13.1. The molecular formula is C13H18ClN3O2. The van der Waals surface area contributed by atoms with E-state index in [0.717, 1.165) is 12.1 Å². The number of halogens is 1. The summed E-state index contributed by atoms with van der Waals surface area (Å²) in [5.41, 5.74) is 0.753. The van der Waals surface area contributed by atoms with E-state index in [0.29, 0.717) is 24.7 Å². The number of hydrogen-bond acceptors (Lipinski definition) is 3. The largest absolute Gasteiger partial charge is 0.391 e. The van der Waals surface area contributed by atoms with Crippen LogP contribution >= 0.6 is 11.6 Å². The number of nitrogens with one attached hydrogen (secondary N) is 1. The van der Waals surface area contributed by atoms with Crippen molar-refractivity contribution in [3.63, 3.8) is 0 Å². The van der Waals surface area contributed by atoms with Crippen molar-refractivity contribution in [3.05, 3.63) is 29.0 Å². The summed E-state index contributed by atoms with van der Waals surface area (Å²) in [6.07, 6.45) is 1.94. The molecule has 0 saturated carbocycles. The maximum Gasteiger partial charge on any atom is 0.317 e. The molecule has 1 aliphatic heterocycles. The molecule has 104 valence electrons. The fourth-order valence-corrected chi connectivity index (χ4v) is 2.13. The van der Waals surface area contributed by atoms with Crippen LogP contribution in [0.5, 0.6) is 0 Å². The van der Waals surface area contributed by atoms with Crippen LogP contribution < -0.4 is 5.32 Å². The minimum atomic E-state index is -0.437. The Morgan fingerprint density at radius 1 is 1.63 bits per heavy atom. The van der Waals surface area contributed by atoms with E-state index in [-0.39, 0.29) is 11.9 Å². The Morgan fingerprint density at radius 3 is 3.05 bits per heavy atom. The third-order valence-corrected chi connectivity index (χ3v) is 3.64. The number of likely N-dealkylation sites (tertiary alicyclic amines) is 1. The van der Waals surface area contributed by atoms with Gasteiger partial charge < -0.3 is 15.3 Å². The van der Waals surface area contributed by atoms with Gasteiger partial charge in [0.25, 0.3) is 0 Å². The molecule has 0 aromatic carbocycles. The number of hydrogen-bond donors (Lipinski definition) is 2. The minimum absolute atomic E-state index is 0.164. The zero-order chi connectivity index (χ0) is 13.8. The summed E-state index contributed by atoms with van der Waals surface area (Å²) >= 11 is 5.74. The molecular weight excluding hydrogens is 266 g/mol. The smallest absolute Gasteiger partial charge is 0.317 e. The molecule has 2 amide bonds. The van der Waals surface area contributed by atoms with Gasteiger partial charge in [0.15, 0.2) is 0 Å². The number of aliphatic hydroxyl groups excluding tert-OH is 1. The summed E-state index contributed by atoms with van der Waals surface area (Å²) in [7, 11) is 0. The van der Waals surface area contributed by atoms with Gasteiger partial charge in [-0.25, -0.2) is 4.79 Å². The van der Waals surface area contributed by atoms with Gasteiger partial charge in [-0.3, -0.25) is 4.98 Å². The number of carbonyl (C=O) groups excluding carboxylic acids is 1. The van der Waals surface area contributed by atoms with Gasteiger partial charge in [0.1, 0.15) is 0 Å². The number of β-amino-alcohol motifs (C(OH)–C–C–N with tert-alkyl or cyclic N) is 1. The van der Waals surface area contributed by atoms with Gasteiger partial charge >= 0.3 is 6.03 Å². The first kappa shape index (κ1) is 14.1. The zero-order valence-electron chi connectivity index (χ0n) is 10.8. The van der Waals surface area contributed by atoms with Gasteiger partial charge in [-0.15, -0.1) is 0 Å². The van der Waals surface area contributed by atoms with E-state index in [9.17, 15) is 9.90 Å². The molecule has 1 fully saturated rings. The lowest BCUT2D eigenvalue weighted by Crippen LogP contribution is -2.49.